The summed E-state index contributed by atoms with van der Waals surface area (Å²) in [5, 5.41) is 5.62. The first-order valence-electron chi connectivity index (χ1n) is 12.7. The molecule has 3 fully saturated rings. The Hall–Kier alpha value is -2.99. The maximum atomic E-state index is 13.8. The van der Waals surface area contributed by atoms with Gasteiger partial charge in [-0.1, -0.05) is 30.3 Å². The molecule has 1 heterocycles. The van der Waals surface area contributed by atoms with E-state index in [4.69, 9.17) is 0 Å². The van der Waals surface area contributed by atoms with Gasteiger partial charge in [-0.3, -0.25) is 9.79 Å². The van der Waals surface area contributed by atoms with Crippen LogP contribution in [0.4, 0.5) is 17.6 Å². The number of hydrogen-bond donors (Lipinski definition) is 2. The average molecular weight is 567 g/mol. The summed E-state index contributed by atoms with van der Waals surface area (Å²) in [5.41, 5.74) is -1.26. The van der Waals surface area contributed by atoms with E-state index < -0.39 is 63.4 Å². The summed E-state index contributed by atoms with van der Waals surface area (Å²) in [6.07, 6.45) is -4.04. The van der Waals surface area contributed by atoms with Crippen molar-refractivity contribution in [3.63, 3.8) is 0 Å². The highest BCUT2D eigenvalue weighted by Crippen LogP contribution is 2.71. The third-order valence-corrected chi connectivity index (χ3v) is 9.91. The number of benzene rings is 2. The van der Waals surface area contributed by atoms with E-state index in [9.17, 15) is 30.8 Å². The lowest BCUT2D eigenvalue weighted by molar-refractivity contribution is -0.151. The van der Waals surface area contributed by atoms with E-state index in [0.717, 1.165) is 0 Å². The molecular formula is C27H30F4N4O3S. The molecule has 2 bridgehead atoms. The fraction of sp³-hybridized carbons (Fsp3) is 0.481. The molecule has 12 heteroatoms. The number of halogens is 4. The van der Waals surface area contributed by atoms with Crippen molar-refractivity contribution in [3.05, 3.63) is 66.0 Å². The summed E-state index contributed by atoms with van der Waals surface area (Å²) < 4.78 is 80.1. The molecule has 2 N–H and O–H groups in total. The van der Waals surface area contributed by atoms with E-state index in [0.29, 0.717) is 30.7 Å². The van der Waals surface area contributed by atoms with Crippen molar-refractivity contribution in [3.8, 4) is 0 Å². The Labute approximate surface area is 224 Å². The van der Waals surface area contributed by atoms with Crippen LogP contribution in [0.1, 0.15) is 45.1 Å². The van der Waals surface area contributed by atoms with E-state index in [1.165, 1.54) is 16.4 Å². The average Bonchev–Trinajstić information content (AvgIpc) is 3.12. The molecule has 1 atom stereocenters. The highest BCUT2D eigenvalue weighted by molar-refractivity contribution is 7.89. The SMILES string of the molecule is CC1(C)NC(C23CC(N(Cc4ccc(F)cc4)S(=O)(=O)c4ccccc4)(C2)C3)=NC1C(=O)NCCC(F)(F)F. The van der Waals surface area contributed by atoms with Crippen LogP contribution < -0.4 is 10.6 Å². The first-order valence-corrected chi connectivity index (χ1v) is 14.1. The summed E-state index contributed by atoms with van der Waals surface area (Å²) in [6, 6.07) is 13.0. The van der Waals surface area contributed by atoms with E-state index in [2.05, 4.69) is 15.6 Å². The molecule has 1 amide bonds. The molecule has 4 aliphatic rings. The van der Waals surface area contributed by atoms with E-state index in [1.54, 1.807) is 56.3 Å². The van der Waals surface area contributed by atoms with Gasteiger partial charge in [0.15, 0.2) is 6.04 Å². The van der Waals surface area contributed by atoms with Crippen LogP contribution in [-0.2, 0) is 21.4 Å². The van der Waals surface area contributed by atoms with Gasteiger partial charge in [-0.25, -0.2) is 12.8 Å². The Morgan fingerprint density at radius 3 is 2.28 bits per heavy atom. The van der Waals surface area contributed by atoms with Crippen molar-refractivity contribution >= 4 is 21.8 Å². The number of nitrogens with zero attached hydrogens (tertiary/aromatic N) is 2. The Kier molecular flexibility index (Phi) is 6.57. The predicted octanol–water partition coefficient (Wildman–Crippen LogP) is 4.16. The molecule has 2 aromatic carbocycles. The molecule has 2 aromatic rings. The zero-order valence-corrected chi connectivity index (χ0v) is 22.4. The Morgan fingerprint density at radius 2 is 1.69 bits per heavy atom. The number of rotatable bonds is 9. The monoisotopic (exact) mass is 566 g/mol. The van der Waals surface area contributed by atoms with Gasteiger partial charge in [0.1, 0.15) is 11.7 Å². The summed E-state index contributed by atoms with van der Waals surface area (Å²) in [6.45, 7) is 3.08. The molecule has 3 saturated carbocycles. The van der Waals surface area contributed by atoms with Crippen LogP contribution in [0.15, 0.2) is 64.5 Å². The van der Waals surface area contributed by atoms with Crippen molar-refractivity contribution in [2.24, 2.45) is 10.4 Å². The molecule has 1 aliphatic heterocycles. The van der Waals surface area contributed by atoms with Gasteiger partial charge in [0.05, 0.1) is 16.9 Å². The van der Waals surface area contributed by atoms with E-state index in [1.807, 2.05) is 0 Å². The van der Waals surface area contributed by atoms with E-state index in [-0.39, 0.29) is 11.4 Å². The minimum atomic E-state index is -4.37. The summed E-state index contributed by atoms with van der Waals surface area (Å²) in [4.78, 5) is 17.4. The van der Waals surface area contributed by atoms with Gasteiger partial charge in [-0.05, 0) is 62.9 Å². The number of hydrogen-bond acceptors (Lipinski definition) is 5. The second-order valence-corrected chi connectivity index (χ2v) is 13.2. The molecule has 6 rings (SSSR count). The van der Waals surface area contributed by atoms with Crippen LogP contribution in [0, 0.1) is 11.2 Å². The quantitative estimate of drug-likeness (QED) is 0.446. The molecule has 0 saturated heterocycles. The van der Waals surface area contributed by atoms with Gasteiger partial charge in [-0.2, -0.15) is 17.5 Å². The van der Waals surface area contributed by atoms with Crippen LogP contribution in [0.2, 0.25) is 0 Å². The molecule has 3 aliphatic carbocycles. The van der Waals surface area contributed by atoms with Gasteiger partial charge in [0.2, 0.25) is 15.9 Å². The third kappa shape index (κ3) is 5.04. The van der Waals surface area contributed by atoms with Crippen molar-refractivity contribution in [2.45, 2.75) is 74.3 Å². The van der Waals surface area contributed by atoms with Crippen LogP contribution in [0.25, 0.3) is 0 Å². The molecule has 1 unspecified atom stereocenters. The van der Waals surface area contributed by atoms with Gasteiger partial charge < -0.3 is 10.6 Å². The van der Waals surface area contributed by atoms with Gasteiger partial charge in [-0.15, -0.1) is 0 Å². The lowest BCUT2D eigenvalue weighted by atomic mass is 9.38. The highest BCUT2D eigenvalue weighted by Gasteiger charge is 2.75. The molecular weight excluding hydrogens is 536 g/mol. The first kappa shape index (κ1) is 27.6. The summed E-state index contributed by atoms with van der Waals surface area (Å²) >= 11 is 0. The van der Waals surface area contributed by atoms with Crippen molar-refractivity contribution < 1.29 is 30.8 Å². The molecule has 0 radical (unpaired) electrons. The minimum Gasteiger partial charge on any atom is -0.366 e. The molecule has 210 valence electrons. The second-order valence-electron chi connectivity index (χ2n) is 11.4. The first-order chi connectivity index (χ1) is 18.2. The Morgan fingerprint density at radius 1 is 1.08 bits per heavy atom. The number of amidine groups is 1. The van der Waals surface area contributed by atoms with Crippen molar-refractivity contribution in [2.75, 3.05) is 6.54 Å². The smallest absolute Gasteiger partial charge is 0.366 e. The predicted molar refractivity (Wildman–Crippen MR) is 137 cm³/mol. The number of alkyl halides is 3. The van der Waals surface area contributed by atoms with Gasteiger partial charge in [0.25, 0.3) is 0 Å². The fourth-order valence-electron chi connectivity index (χ4n) is 6.01. The highest BCUT2D eigenvalue weighted by atomic mass is 32.2. The lowest BCUT2D eigenvalue weighted by Crippen LogP contribution is -2.78. The summed E-state index contributed by atoms with van der Waals surface area (Å²) in [5.74, 6) is -0.410. The van der Waals surface area contributed by atoms with Crippen LogP contribution in [-0.4, -0.2) is 54.3 Å². The molecule has 0 aromatic heterocycles. The number of nitrogens with one attached hydrogen (secondary N) is 2. The molecule has 7 nitrogen and oxygen atoms in total. The van der Waals surface area contributed by atoms with Crippen LogP contribution >= 0.6 is 0 Å². The zero-order valence-electron chi connectivity index (χ0n) is 21.6. The fourth-order valence-corrected chi connectivity index (χ4v) is 7.79. The lowest BCUT2D eigenvalue weighted by Gasteiger charge is -2.73. The topological polar surface area (TPSA) is 90.9 Å². The summed E-state index contributed by atoms with van der Waals surface area (Å²) in [7, 11) is -3.89. The van der Waals surface area contributed by atoms with Gasteiger partial charge >= 0.3 is 6.18 Å². The van der Waals surface area contributed by atoms with E-state index >= 15 is 0 Å². The zero-order chi connectivity index (χ0) is 28.3. The number of sulfonamides is 1. The largest absolute Gasteiger partial charge is 0.390 e. The second kappa shape index (κ2) is 9.29. The maximum Gasteiger partial charge on any atom is 0.390 e. The normalized spacial score (nSPS) is 27.3. The number of aliphatic imine (C=N–C) groups is 1. The Balaban J connectivity index is 1.35. The minimum absolute atomic E-state index is 0.0726. The number of carbonyl (C=O) groups excluding carboxylic acids is 1. The maximum absolute atomic E-state index is 13.8. The van der Waals surface area contributed by atoms with Crippen molar-refractivity contribution in [1.82, 2.24) is 14.9 Å². The number of carbonyl (C=O) groups is 1. The van der Waals surface area contributed by atoms with Gasteiger partial charge in [0, 0.05) is 24.0 Å². The van der Waals surface area contributed by atoms with Crippen molar-refractivity contribution in [1.29, 1.82) is 0 Å². The van der Waals surface area contributed by atoms with Crippen LogP contribution in [0.5, 0.6) is 0 Å². The standard InChI is InChI=1S/C27H30F4N4O3S/c1-24(2)21(22(36)32-13-12-27(29,30)31)33-23(34-24)25-15-26(16-25,17-25)35(14-18-8-10-19(28)11-9-18)39(37,38)20-6-4-3-5-7-20/h3-11,21H,12-17H2,1-2H3,(H,32,36)(H,33,34). The molecule has 0 spiro atoms. The molecule has 39 heavy (non-hydrogen) atoms. The number of amides is 1. The third-order valence-electron chi connectivity index (χ3n) is 7.94. The van der Waals surface area contributed by atoms with Crippen LogP contribution in [0.3, 0.4) is 0 Å². The Bertz CT molecular complexity index is 1370.